The maximum Gasteiger partial charge on any atom is 0.339 e. The van der Waals surface area contributed by atoms with E-state index in [0.29, 0.717) is 34.9 Å². The predicted molar refractivity (Wildman–Crippen MR) is 111 cm³/mol. The minimum absolute atomic E-state index is 0.231. The van der Waals surface area contributed by atoms with E-state index in [1.807, 2.05) is 6.21 Å². The molecule has 0 heterocycles. The summed E-state index contributed by atoms with van der Waals surface area (Å²) < 4.78 is 0. The summed E-state index contributed by atoms with van der Waals surface area (Å²) in [6.45, 7) is 0. The molecule has 2 aliphatic carbocycles. The molecule has 3 atom stereocenters. The number of fused-ring (bicyclic) bond motifs is 1. The van der Waals surface area contributed by atoms with Crippen molar-refractivity contribution in [3.63, 3.8) is 0 Å². The lowest BCUT2D eigenvalue weighted by atomic mass is 9.93. The van der Waals surface area contributed by atoms with Gasteiger partial charge in [0.1, 0.15) is 0 Å². The van der Waals surface area contributed by atoms with Gasteiger partial charge < -0.3 is 10.4 Å². The van der Waals surface area contributed by atoms with Crippen LogP contribution < -0.4 is 10.7 Å². The van der Waals surface area contributed by atoms with Crippen molar-refractivity contribution >= 4 is 35.5 Å². The standard InChI is InChI=1S/C21H26ClN3O3/c22-17-5-3-6-18(12-17)24-21(28)25-23-13-16-9-8-15-10-14(11-19(15)16)4-1-2-7-20(26)27/h3-6,12-13,15-16,19H,1-2,7-11H2,(H,26,27)(H2,24,25,28)/b14-4+,23-13+/t15-,16-,19+/m1/s1. The van der Waals surface area contributed by atoms with Gasteiger partial charge in [-0.3, -0.25) is 4.79 Å². The van der Waals surface area contributed by atoms with E-state index in [0.717, 1.165) is 25.7 Å². The summed E-state index contributed by atoms with van der Waals surface area (Å²) >= 11 is 5.90. The number of nitrogens with zero attached hydrogens (tertiary/aromatic N) is 1. The van der Waals surface area contributed by atoms with E-state index in [2.05, 4.69) is 21.9 Å². The van der Waals surface area contributed by atoms with Crippen LogP contribution in [0.5, 0.6) is 0 Å². The fourth-order valence-electron chi connectivity index (χ4n) is 4.31. The lowest BCUT2D eigenvalue weighted by Crippen LogP contribution is -2.25. The molecule has 2 saturated carbocycles. The number of allylic oxidation sites excluding steroid dienone is 2. The summed E-state index contributed by atoms with van der Waals surface area (Å²) in [7, 11) is 0. The molecule has 3 rings (SSSR count). The molecular formula is C21H26ClN3O3. The molecule has 6 nitrogen and oxygen atoms in total. The number of benzene rings is 1. The van der Waals surface area contributed by atoms with E-state index in [1.54, 1.807) is 24.3 Å². The highest BCUT2D eigenvalue weighted by Crippen LogP contribution is 2.49. The number of carbonyl (C=O) groups excluding carboxylic acids is 1. The minimum Gasteiger partial charge on any atom is -0.481 e. The molecule has 0 unspecified atom stereocenters. The molecule has 0 radical (unpaired) electrons. The number of hydrogen-bond acceptors (Lipinski definition) is 3. The van der Waals surface area contributed by atoms with E-state index in [1.165, 1.54) is 12.0 Å². The van der Waals surface area contributed by atoms with Gasteiger partial charge in [0.15, 0.2) is 0 Å². The number of carbonyl (C=O) groups is 2. The molecule has 1 aromatic carbocycles. The molecule has 28 heavy (non-hydrogen) atoms. The van der Waals surface area contributed by atoms with Crippen molar-refractivity contribution in [3.05, 3.63) is 40.9 Å². The Hall–Kier alpha value is -2.34. The number of unbranched alkanes of at least 4 members (excludes halogenated alkanes) is 1. The Morgan fingerprint density at radius 3 is 2.93 bits per heavy atom. The molecule has 2 amide bonds. The van der Waals surface area contributed by atoms with E-state index in [4.69, 9.17) is 16.7 Å². The molecule has 1 aromatic rings. The summed E-state index contributed by atoms with van der Waals surface area (Å²) in [4.78, 5) is 22.5. The minimum atomic E-state index is -0.732. The third kappa shape index (κ3) is 5.83. The summed E-state index contributed by atoms with van der Waals surface area (Å²) in [5, 5.41) is 16.1. The maximum absolute atomic E-state index is 11.9. The molecule has 7 heteroatoms. The summed E-state index contributed by atoms with van der Waals surface area (Å²) in [5.41, 5.74) is 4.60. The SMILES string of the molecule is O=C(O)CCC/C=C1\C[C@H]2CC[C@H](/C=N/NC(=O)Nc3cccc(Cl)c3)[C@H]2C1. The quantitative estimate of drug-likeness (QED) is 0.257. The van der Waals surface area contributed by atoms with Crippen LogP contribution in [0.25, 0.3) is 0 Å². The fraction of sp³-hybridized carbons (Fsp3) is 0.476. The molecular weight excluding hydrogens is 378 g/mol. The first kappa shape index (κ1) is 20.4. The number of rotatable bonds is 7. The summed E-state index contributed by atoms with van der Waals surface area (Å²) in [5.74, 6) is 0.904. The van der Waals surface area contributed by atoms with Gasteiger partial charge in [-0.2, -0.15) is 5.10 Å². The first-order valence-corrected chi connectivity index (χ1v) is 10.1. The van der Waals surface area contributed by atoms with Gasteiger partial charge in [-0.25, -0.2) is 10.2 Å². The highest BCUT2D eigenvalue weighted by molar-refractivity contribution is 6.30. The number of aliphatic carboxylic acids is 1. The zero-order chi connectivity index (χ0) is 19.9. The van der Waals surface area contributed by atoms with Crippen molar-refractivity contribution in [2.45, 2.75) is 44.9 Å². The number of anilines is 1. The number of urea groups is 1. The highest BCUT2D eigenvalue weighted by Gasteiger charge is 2.40. The number of amides is 2. The van der Waals surface area contributed by atoms with Crippen molar-refractivity contribution in [1.29, 1.82) is 0 Å². The van der Waals surface area contributed by atoms with Crippen LogP contribution in [0.4, 0.5) is 10.5 Å². The van der Waals surface area contributed by atoms with Crippen LogP contribution in [0.15, 0.2) is 41.0 Å². The van der Waals surface area contributed by atoms with Gasteiger partial charge in [0.25, 0.3) is 0 Å². The number of hydrogen-bond donors (Lipinski definition) is 3. The Labute approximate surface area is 170 Å². The van der Waals surface area contributed by atoms with Gasteiger partial charge in [-0.05, 0) is 74.5 Å². The lowest BCUT2D eigenvalue weighted by Gasteiger charge is -2.13. The van der Waals surface area contributed by atoms with Crippen molar-refractivity contribution in [2.24, 2.45) is 22.9 Å². The molecule has 0 bridgehead atoms. The van der Waals surface area contributed by atoms with Gasteiger partial charge in [0.05, 0.1) is 0 Å². The first-order valence-electron chi connectivity index (χ1n) is 9.76. The third-order valence-electron chi connectivity index (χ3n) is 5.59. The van der Waals surface area contributed by atoms with Gasteiger partial charge in [0.2, 0.25) is 0 Å². The Morgan fingerprint density at radius 1 is 1.29 bits per heavy atom. The number of halogens is 1. The zero-order valence-corrected chi connectivity index (χ0v) is 16.5. The largest absolute Gasteiger partial charge is 0.481 e. The highest BCUT2D eigenvalue weighted by atomic mass is 35.5. The van der Waals surface area contributed by atoms with Crippen molar-refractivity contribution in [1.82, 2.24) is 5.43 Å². The van der Waals surface area contributed by atoms with Crippen LogP contribution in [0, 0.1) is 17.8 Å². The monoisotopic (exact) mass is 403 g/mol. The number of hydrazone groups is 1. The predicted octanol–water partition coefficient (Wildman–Crippen LogP) is 5.06. The van der Waals surface area contributed by atoms with Gasteiger partial charge in [-0.1, -0.05) is 29.3 Å². The van der Waals surface area contributed by atoms with Crippen LogP contribution in [0.1, 0.15) is 44.9 Å². The zero-order valence-electron chi connectivity index (χ0n) is 15.7. The van der Waals surface area contributed by atoms with Crippen molar-refractivity contribution < 1.29 is 14.7 Å². The van der Waals surface area contributed by atoms with E-state index in [9.17, 15) is 9.59 Å². The van der Waals surface area contributed by atoms with Crippen LogP contribution >= 0.6 is 11.6 Å². The third-order valence-corrected chi connectivity index (χ3v) is 5.83. The van der Waals surface area contributed by atoms with Gasteiger partial charge >= 0.3 is 12.0 Å². The van der Waals surface area contributed by atoms with Gasteiger partial charge in [-0.15, -0.1) is 0 Å². The summed E-state index contributed by atoms with van der Waals surface area (Å²) in [6, 6.07) is 6.57. The normalized spacial score (nSPS) is 25.2. The Morgan fingerprint density at radius 2 is 2.14 bits per heavy atom. The second-order valence-electron chi connectivity index (χ2n) is 7.58. The molecule has 150 valence electrons. The topological polar surface area (TPSA) is 90.8 Å². The Kier molecular flexibility index (Phi) is 7.09. The first-order chi connectivity index (χ1) is 13.5. The Balaban J connectivity index is 1.44. The summed E-state index contributed by atoms with van der Waals surface area (Å²) in [6.07, 6.45) is 10.3. The maximum atomic E-state index is 11.9. The van der Waals surface area contributed by atoms with E-state index in [-0.39, 0.29) is 6.42 Å². The molecule has 2 aliphatic rings. The lowest BCUT2D eigenvalue weighted by molar-refractivity contribution is -0.137. The van der Waals surface area contributed by atoms with Crippen LogP contribution in [-0.2, 0) is 4.79 Å². The second-order valence-corrected chi connectivity index (χ2v) is 8.01. The van der Waals surface area contributed by atoms with Crippen LogP contribution in [0.2, 0.25) is 5.02 Å². The van der Waals surface area contributed by atoms with Gasteiger partial charge in [0, 0.05) is 23.3 Å². The average Bonchev–Trinajstić information content (AvgIpc) is 3.20. The molecule has 3 N–H and O–H groups in total. The van der Waals surface area contributed by atoms with Crippen molar-refractivity contribution in [3.8, 4) is 0 Å². The molecule has 0 spiro atoms. The smallest absolute Gasteiger partial charge is 0.339 e. The van der Waals surface area contributed by atoms with E-state index < -0.39 is 12.0 Å². The number of carboxylic acid groups (broad SMARTS) is 1. The van der Waals surface area contributed by atoms with E-state index >= 15 is 0 Å². The van der Waals surface area contributed by atoms with Crippen LogP contribution in [0.3, 0.4) is 0 Å². The fourth-order valence-corrected chi connectivity index (χ4v) is 4.50. The average molecular weight is 404 g/mol. The van der Waals surface area contributed by atoms with Crippen molar-refractivity contribution in [2.75, 3.05) is 5.32 Å². The second kappa shape index (κ2) is 9.73. The number of nitrogens with one attached hydrogen (secondary N) is 2. The van der Waals surface area contributed by atoms with Crippen LogP contribution in [-0.4, -0.2) is 23.3 Å². The molecule has 2 fully saturated rings. The number of carboxylic acids is 1. The Bertz CT molecular complexity index is 778. The molecule has 0 saturated heterocycles. The molecule has 0 aliphatic heterocycles. The molecule has 0 aromatic heterocycles.